The molecule has 0 amide bonds. The van der Waals surface area contributed by atoms with Crippen LogP contribution in [0.4, 0.5) is 6.01 Å². The van der Waals surface area contributed by atoms with Crippen molar-refractivity contribution in [1.29, 1.82) is 0 Å². The number of aromatic nitrogens is 1. The van der Waals surface area contributed by atoms with Crippen molar-refractivity contribution in [3.63, 3.8) is 0 Å². The van der Waals surface area contributed by atoms with E-state index in [0.717, 1.165) is 5.56 Å². The van der Waals surface area contributed by atoms with Gasteiger partial charge in [0, 0.05) is 19.7 Å². The Bertz CT molecular complexity index is 579. The van der Waals surface area contributed by atoms with Gasteiger partial charge < -0.3 is 9.32 Å². The Hall–Kier alpha value is -1.62. The van der Waals surface area contributed by atoms with Crippen LogP contribution in [-0.2, 0) is 0 Å². The van der Waals surface area contributed by atoms with E-state index in [1.54, 1.807) is 19.0 Å². The predicted molar refractivity (Wildman–Crippen MR) is 70.2 cm³/mol. The van der Waals surface area contributed by atoms with Crippen LogP contribution < -0.4 is 10.5 Å². The van der Waals surface area contributed by atoms with Gasteiger partial charge in [-0.15, -0.1) is 0 Å². The molecule has 17 heavy (non-hydrogen) atoms. The van der Waals surface area contributed by atoms with Gasteiger partial charge in [0.1, 0.15) is 4.47 Å². The smallest absolute Gasteiger partial charge is 0.300 e. The monoisotopic (exact) mass is 294 g/mol. The molecule has 0 saturated carbocycles. The second-order valence-corrected chi connectivity index (χ2v) is 4.50. The highest BCUT2D eigenvalue weighted by atomic mass is 79.9. The Labute approximate surface area is 107 Å². The first kappa shape index (κ1) is 11.9. The average molecular weight is 295 g/mol. The van der Waals surface area contributed by atoms with Gasteiger partial charge in [-0.3, -0.25) is 4.79 Å². The van der Waals surface area contributed by atoms with Gasteiger partial charge in [-0.25, -0.2) is 0 Å². The Morgan fingerprint density at radius 1 is 1.24 bits per heavy atom. The number of anilines is 1. The van der Waals surface area contributed by atoms with E-state index < -0.39 is 0 Å². The summed E-state index contributed by atoms with van der Waals surface area (Å²) in [7, 11) is 3.54. The summed E-state index contributed by atoms with van der Waals surface area (Å²) in [5, 5.41) is 0. The van der Waals surface area contributed by atoms with Crippen LogP contribution in [-0.4, -0.2) is 19.1 Å². The van der Waals surface area contributed by atoms with Crippen molar-refractivity contribution in [2.24, 2.45) is 0 Å². The summed E-state index contributed by atoms with van der Waals surface area (Å²) in [6.45, 7) is 0. The van der Waals surface area contributed by atoms with Gasteiger partial charge in [0.15, 0.2) is 5.76 Å². The maximum absolute atomic E-state index is 11.7. The van der Waals surface area contributed by atoms with Gasteiger partial charge in [-0.05, 0) is 15.9 Å². The highest BCUT2D eigenvalue weighted by molar-refractivity contribution is 9.10. The summed E-state index contributed by atoms with van der Waals surface area (Å²) >= 11 is 3.21. The van der Waals surface area contributed by atoms with E-state index in [1.165, 1.54) is 0 Å². The molecule has 0 unspecified atom stereocenters. The van der Waals surface area contributed by atoms with Crippen molar-refractivity contribution < 1.29 is 4.42 Å². The zero-order chi connectivity index (χ0) is 12.4. The van der Waals surface area contributed by atoms with Gasteiger partial charge in [0.25, 0.3) is 5.56 Å². The maximum Gasteiger partial charge on any atom is 0.300 e. The predicted octanol–water partition coefficient (Wildman–Crippen LogP) is 2.53. The van der Waals surface area contributed by atoms with Gasteiger partial charge in [0.05, 0.1) is 0 Å². The lowest BCUT2D eigenvalue weighted by Gasteiger charge is -2.11. The summed E-state index contributed by atoms with van der Waals surface area (Å²) in [6, 6.07) is 9.72. The maximum atomic E-state index is 11.7. The van der Waals surface area contributed by atoms with E-state index in [1.807, 2.05) is 30.3 Å². The summed E-state index contributed by atoms with van der Waals surface area (Å²) < 4.78 is 5.95. The Morgan fingerprint density at radius 2 is 1.88 bits per heavy atom. The number of rotatable bonds is 2. The Morgan fingerprint density at radius 3 is 2.47 bits per heavy atom. The lowest BCUT2D eigenvalue weighted by Crippen LogP contribution is -2.17. The minimum Gasteiger partial charge on any atom is -0.424 e. The third-order valence-electron chi connectivity index (χ3n) is 2.20. The molecule has 0 saturated heterocycles. The van der Waals surface area contributed by atoms with E-state index in [9.17, 15) is 4.79 Å². The van der Waals surface area contributed by atoms with Crippen molar-refractivity contribution in [2.75, 3.05) is 19.0 Å². The topological polar surface area (TPSA) is 46.3 Å². The number of halogens is 1. The standard InChI is InChI=1S/C12H11BrN2O2/c1-15(2)12-14-11(16)9(13)10(17-12)8-6-4-3-5-7-8/h3-7H,1-2H3. The van der Waals surface area contributed by atoms with Crippen molar-refractivity contribution in [3.05, 3.63) is 45.2 Å². The number of benzene rings is 1. The van der Waals surface area contributed by atoms with Gasteiger partial charge in [0.2, 0.25) is 0 Å². The molecule has 0 aliphatic rings. The molecule has 2 aromatic rings. The minimum absolute atomic E-state index is 0.289. The summed E-state index contributed by atoms with van der Waals surface area (Å²) in [6.07, 6.45) is 0. The molecule has 0 atom stereocenters. The van der Waals surface area contributed by atoms with Crippen LogP contribution in [0.25, 0.3) is 11.3 Å². The quantitative estimate of drug-likeness (QED) is 0.854. The zero-order valence-electron chi connectivity index (χ0n) is 9.48. The van der Waals surface area contributed by atoms with E-state index >= 15 is 0 Å². The molecule has 1 heterocycles. The van der Waals surface area contributed by atoms with Gasteiger partial charge >= 0.3 is 6.01 Å². The minimum atomic E-state index is -0.334. The molecular weight excluding hydrogens is 284 g/mol. The fourth-order valence-corrected chi connectivity index (χ4v) is 1.76. The second-order valence-electron chi connectivity index (χ2n) is 3.71. The Balaban J connectivity index is 2.65. The lowest BCUT2D eigenvalue weighted by molar-refractivity contribution is 0.535. The lowest BCUT2D eigenvalue weighted by atomic mass is 10.2. The zero-order valence-corrected chi connectivity index (χ0v) is 11.1. The van der Waals surface area contributed by atoms with E-state index in [0.29, 0.717) is 10.2 Å². The second kappa shape index (κ2) is 4.71. The molecule has 0 aliphatic heterocycles. The van der Waals surface area contributed by atoms with E-state index in [-0.39, 0.29) is 11.6 Å². The van der Waals surface area contributed by atoms with E-state index in [2.05, 4.69) is 20.9 Å². The first-order valence-electron chi connectivity index (χ1n) is 5.03. The van der Waals surface area contributed by atoms with Gasteiger partial charge in [-0.2, -0.15) is 4.98 Å². The van der Waals surface area contributed by atoms with Crippen molar-refractivity contribution in [3.8, 4) is 11.3 Å². The summed E-state index contributed by atoms with van der Waals surface area (Å²) in [5.41, 5.74) is 0.501. The van der Waals surface area contributed by atoms with Crippen LogP contribution >= 0.6 is 15.9 Å². The fraction of sp³-hybridized carbons (Fsp3) is 0.167. The first-order chi connectivity index (χ1) is 8.09. The van der Waals surface area contributed by atoms with Crippen molar-refractivity contribution >= 4 is 21.9 Å². The molecule has 0 bridgehead atoms. The largest absolute Gasteiger partial charge is 0.424 e. The van der Waals surface area contributed by atoms with Crippen LogP contribution in [0.1, 0.15) is 0 Å². The molecule has 88 valence electrons. The SMILES string of the molecule is CN(C)c1nc(=O)c(Br)c(-c2ccccc2)o1. The number of hydrogen-bond donors (Lipinski definition) is 0. The van der Waals surface area contributed by atoms with Crippen LogP contribution in [0.3, 0.4) is 0 Å². The molecule has 1 aromatic heterocycles. The number of nitrogens with zero attached hydrogens (tertiary/aromatic N) is 2. The molecule has 4 nitrogen and oxygen atoms in total. The molecule has 0 spiro atoms. The highest BCUT2D eigenvalue weighted by Crippen LogP contribution is 2.27. The summed E-state index contributed by atoms with van der Waals surface area (Å²) in [5.74, 6) is 0.495. The van der Waals surface area contributed by atoms with Gasteiger partial charge in [-0.1, -0.05) is 30.3 Å². The third-order valence-corrected chi connectivity index (χ3v) is 2.90. The molecule has 1 aromatic carbocycles. The van der Waals surface area contributed by atoms with Crippen molar-refractivity contribution in [1.82, 2.24) is 4.98 Å². The Kier molecular flexibility index (Phi) is 3.28. The fourth-order valence-electron chi connectivity index (χ4n) is 1.36. The molecule has 0 radical (unpaired) electrons. The molecule has 0 aliphatic carbocycles. The molecule has 2 rings (SSSR count). The third kappa shape index (κ3) is 2.39. The number of hydrogen-bond acceptors (Lipinski definition) is 4. The van der Waals surface area contributed by atoms with Crippen molar-refractivity contribution in [2.45, 2.75) is 0 Å². The van der Waals surface area contributed by atoms with E-state index in [4.69, 9.17) is 4.42 Å². The molecule has 0 N–H and O–H groups in total. The van der Waals surface area contributed by atoms with Crippen LogP contribution in [0.5, 0.6) is 0 Å². The average Bonchev–Trinajstić information content (AvgIpc) is 2.33. The van der Waals surface area contributed by atoms with Crippen LogP contribution in [0, 0.1) is 0 Å². The molecule has 0 fully saturated rings. The molecular formula is C12H11BrN2O2. The highest BCUT2D eigenvalue weighted by Gasteiger charge is 2.13. The van der Waals surface area contributed by atoms with Crippen LogP contribution in [0.2, 0.25) is 0 Å². The van der Waals surface area contributed by atoms with Crippen LogP contribution in [0.15, 0.2) is 44.0 Å². The first-order valence-corrected chi connectivity index (χ1v) is 5.82. The normalized spacial score (nSPS) is 10.3. The summed E-state index contributed by atoms with van der Waals surface area (Å²) in [4.78, 5) is 17.2. The molecule has 5 heteroatoms.